The minimum absolute atomic E-state index is 0.113. The van der Waals surface area contributed by atoms with E-state index in [2.05, 4.69) is 4.90 Å². The summed E-state index contributed by atoms with van der Waals surface area (Å²) >= 11 is 1.45. The van der Waals surface area contributed by atoms with E-state index in [1.54, 1.807) is 18.2 Å². The number of carbonyl (C=O) groups excluding carboxylic acids is 2. The Kier molecular flexibility index (Phi) is 5.66. The minimum Gasteiger partial charge on any atom is -0.495 e. The fourth-order valence-electron chi connectivity index (χ4n) is 3.82. The van der Waals surface area contributed by atoms with Crippen molar-refractivity contribution in [2.24, 2.45) is 0 Å². The van der Waals surface area contributed by atoms with E-state index in [-0.39, 0.29) is 18.4 Å². The summed E-state index contributed by atoms with van der Waals surface area (Å²) in [5, 5.41) is 11.1. The van der Waals surface area contributed by atoms with Crippen LogP contribution in [0.5, 0.6) is 5.75 Å². The lowest BCUT2D eigenvalue weighted by Gasteiger charge is -2.36. The third-order valence-corrected chi connectivity index (χ3v) is 6.15. The molecule has 0 unspecified atom stereocenters. The summed E-state index contributed by atoms with van der Waals surface area (Å²) in [6.07, 6.45) is 0. The van der Waals surface area contributed by atoms with Crippen LogP contribution in [0.2, 0.25) is 0 Å². The summed E-state index contributed by atoms with van der Waals surface area (Å²) in [4.78, 5) is 33.1. The molecule has 7 nitrogen and oxygen atoms in total. The number of methoxy groups -OCH3 is 1. The van der Waals surface area contributed by atoms with Crippen LogP contribution in [-0.4, -0.2) is 73.2 Å². The number of carbonyl (C=O) groups is 2. The molecule has 2 amide bonds. The monoisotopic (exact) mass is 413 g/mol. The van der Waals surface area contributed by atoms with Crippen LogP contribution in [0, 0.1) is 0 Å². The molecule has 1 fully saturated rings. The third kappa shape index (κ3) is 3.55. The number of imide groups is 1. The molecule has 2 aliphatic rings. The van der Waals surface area contributed by atoms with Gasteiger partial charge in [-0.1, -0.05) is 18.2 Å². The lowest BCUT2D eigenvalue weighted by molar-refractivity contribution is -0.120. The van der Waals surface area contributed by atoms with Gasteiger partial charge >= 0.3 is 0 Å². The van der Waals surface area contributed by atoms with E-state index >= 15 is 0 Å². The molecule has 0 atom stereocenters. The van der Waals surface area contributed by atoms with Crippen LogP contribution in [0.3, 0.4) is 0 Å². The second kappa shape index (κ2) is 8.36. The molecule has 2 aromatic rings. The number of amides is 2. The van der Waals surface area contributed by atoms with Crippen molar-refractivity contribution in [1.82, 2.24) is 9.80 Å². The smallest absolute Gasteiger partial charge is 0.282 e. The van der Waals surface area contributed by atoms with Crippen molar-refractivity contribution in [3.05, 3.63) is 52.4 Å². The van der Waals surface area contributed by atoms with Gasteiger partial charge in [-0.15, -0.1) is 11.3 Å². The quantitative estimate of drug-likeness (QED) is 0.726. The standard InChI is InChI=1S/C21H23N3O4S/c1-28-16-6-3-2-5-15(16)24-20(26)18(17-7-4-14-29-17)19(21(24)27)23-10-8-22(9-11-23)12-13-25/h2-7,14,25H,8-13H2,1H3. The van der Waals surface area contributed by atoms with Gasteiger partial charge in [0.25, 0.3) is 11.8 Å². The molecular formula is C21H23N3O4S. The molecule has 1 aromatic carbocycles. The zero-order valence-electron chi connectivity index (χ0n) is 16.2. The highest BCUT2D eigenvalue weighted by atomic mass is 32.1. The molecular weight excluding hydrogens is 390 g/mol. The number of hydrogen-bond donors (Lipinski definition) is 1. The van der Waals surface area contributed by atoms with Gasteiger partial charge in [0.05, 0.1) is 25.0 Å². The van der Waals surface area contributed by atoms with Crippen LogP contribution in [0.15, 0.2) is 47.5 Å². The van der Waals surface area contributed by atoms with Crippen LogP contribution < -0.4 is 9.64 Å². The van der Waals surface area contributed by atoms with Crippen molar-refractivity contribution in [2.75, 3.05) is 51.3 Å². The van der Waals surface area contributed by atoms with Crippen LogP contribution in [0.25, 0.3) is 5.57 Å². The van der Waals surface area contributed by atoms with Crippen molar-refractivity contribution in [3.8, 4) is 5.75 Å². The molecule has 0 saturated carbocycles. The molecule has 3 heterocycles. The number of piperazine rings is 1. The number of thiophene rings is 1. The zero-order chi connectivity index (χ0) is 20.4. The first kappa shape index (κ1) is 19.6. The molecule has 8 heteroatoms. The van der Waals surface area contributed by atoms with Crippen molar-refractivity contribution < 1.29 is 19.4 Å². The first-order valence-electron chi connectivity index (χ1n) is 9.53. The second-order valence-electron chi connectivity index (χ2n) is 6.87. The first-order valence-corrected chi connectivity index (χ1v) is 10.4. The Morgan fingerprint density at radius 2 is 1.79 bits per heavy atom. The highest BCUT2D eigenvalue weighted by molar-refractivity contribution is 7.11. The number of ether oxygens (including phenoxy) is 1. The maximum absolute atomic E-state index is 13.5. The number of rotatable bonds is 6. The van der Waals surface area contributed by atoms with Crippen LogP contribution >= 0.6 is 11.3 Å². The van der Waals surface area contributed by atoms with Crippen molar-refractivity contribution in [3.63, 3.8) is 0 Å². The summed E-state index contributed by atoms with van der Waals surface area (Å²) in [6, 6.07) is 10.8. The Bertz CT molecular complexity index is 933. The molecule has 0 spiro atoms. The lowest BCUT2D eigenvalue weighted by Crippen LogP contribution is -2.48. The van der Waals surface area contributed by atoms with Crippen molar-refractivity contribution in [2.45, 2.75) is 0 Å². The highest BCUT2D eigenvalue weighted by Gasteiger charge is 2.44. The van der Waals surface area contributed by atoms with Gasteiger partial charge in [0.15, 0.2) is 0 Å². The molecule has 152 valence electrons. The van der Waals surface area contributed by atoms with Crippen molar-refractivity contribution >= 4 is 34.4 Å². The van der Waals surface area contributed by atoms with E-state index in [1.165, 1.54) is 23.3 Å². The molecule has 0 radical (unpaired) electrons. The van der Waals surface area contributed by atoms with Crippen molar-refractivity contribution in [1.29, 1.82) is 0 Å². The van der Waals surface area contributed by atoms with E-state index in [0.717, 1.165) is 18.0 Å². The number of hydrogen-bond acceptors (Lipinski definition) is 7. The largest absolute Gasteiger partial charge is 0.495 e. The number of nitrogens with zero attached hydrogens (tertiary/aromatic N) is 3. The molecule has 2 aliphatic heterocycles. The molecule has 29 heavy (non-hydrogen) atoms. The third-order valence-electron chi connectivity index (χ3n) is 5.26. The average molecular weight is 413 g/mol. The Morgan fingerprint density at radius 3 is 2.45 bits per heavy atom. The van der Waals surface area contributed by atoms with Gasteiger partial charge in [-0.25, -0.2) is 4.90 Å². The fraction of sp³-hybridized carbons (Fsp3) is 0.333. The summed E-state index contributed by atoms with van der Waals surface area (Å²) in [7, 11) is 1.53. The predicted molar refractivity (Wildman–Crippen MR) is 112 cm³/mol. The molecule has 1 saturated heterocycles. The van der Waals surface area contributed by atoms with Gasteiger partial charge in [0, 0.05) is 37.6 Å². The Balaban J connectivity index is 1.72. The van der Waals surface area contributed by atoms with Gasteiger partial charge < -0.3 is 14.7 Å². The van der Waals surface area contributed by atoms with E-state index in [9.17, 15) is 9.59 Å². The number of benzene rings is 1. The van der Waals surface area contributed by atoms with Gasteiger partial charge in [0.1, 0.15) is 11.4 Å². The Hall–Kier alpha value is -2.68. The number of aliphatic hydroxyl groups is 1. The molecule has 0 bridgehead atoms. The van der Waals surface area contributed by atoms with Crippen LogP contribution in [-0.2, 0) is 9.59 Å². The van der Waals surface area contributed by atoms with Crippen LogP contribution in [0.4, 0.5) is 5.69 Å². The normalized spacial score (nSPS) is 18.1. The first-order chi connectivity index (χ1) is 14.2. The zero-order valence-corrected chi connectivity index (χ0v) is 17.0. The number of β-amino-alcohol motifs (C(OH)–C–C–N with tert-alkyl or cyclic N) is 1. The number of anilines is 1. The SMILES string of the molecule is COc1ccccc1N1C(=O)C(c2cccs2)=C(N2CCN(CCO)CC2)C1=O. The van der Waals surface area contributed by atoms with E-state index in [1.807, 2.05) is 28.5 Å². The molecule has 0 aliphatic carbocycles. The lowest BCUT2D eigenvalue weighted by atomic mass is 10.1. The minimum atomic E-state index is -0.324. The van der Waals surface area contributed by atoms with E-state index < -0.39 is 0 Å². The predicted octanol–water partition coefficient (Wildman–Crippen LogP) is 1.65. The fourth-order valence-corrected chi connectivity index (χ4v) is 4.59. The van der Waals surface area contributed by atoms with E-state index in [0.29, 0.717) is 42.3 Å². The summed E-state index contributed by atoms with van der Waals surface area (Å²) in [5.41, 5.74) is 1.35. The molecule has 1 aromatic heterocycles. The summed E-state index contributed by atoms with van der Waals surface area (Å²) in [5.74, 6) is -0.165. The molecule has 4 rings (SSSR count). The highest BCUT2D eigenvalue weighted by Crippen LogP contribution is 2.39. The average Bonchev–Trinajstić information content (AvgIpc) is 3.35. The second-order valence-corrected chi connectivity index (χ2v) is 7.82. The van der Waals surface area contributed by atoms with Gasteiger partial charge in [-0.3, -0.25) is 14.5 Å². The van der Waals surface area contributed by atoms with Crippen LogP contribution in [0.1, 0.15) is 4.88 Å². The maximum Gasteiger partial charge on any atom is 0.282 e. The van der Waals surface area contributed by atoms with Gasteiger partial charge in [0.2, 0.25) is 0 Å². The molecule has 1 N–H and O–H groups in total. The Labute approximate surface area is 173 Å². The Morgan fingerprint density at radius 1 is 1.03 bits per heavy atom. The maximum atomic E-state index is 13.5. The van der Waals surface area contributed by atoms with E-state index in [4.69, 9.17) is 9.84 Å². The van der Waals surface area contributed by atoms with Gasteiger partial charge in [-0.2, -0.15) is 0 Å². The van der Waals surface area contributed by atoms with Gasteiger partial charge in [-0.05, 0) is 23.6 Å². The number of aliphatic hydroxyl groups excluding tert-OH is 1. The number of para-hydroxylation sites is 2. The summed E-state index contributed by atoms with van der Waals surface area (Å²) in [6.45, 7) is 3.45. The topological polar surface area (TPSA) is 73.3 Å². The summed E-state index contributed by atoms with van der Waals surface area (Å²) < 4.78 is 5.40.